The SMILES string of the molecule is C=CCNc1nc(Nc2ccc3nn(-c4ccccc4O)nc3c2)nc(Nc2ccc3c4c(cccc24)C(=O)c2ccccc2-3)n1. The second-order valence-electron chi connectivity index (χ2n) is 10.7. The highest BCUT2D eigenvalue weighted by molar-refractivity contribution is 6.27. The number of carbonyl (C=O) groups is 1. The molecule has 0 amide bonds. The molecule has 0 radical (unpaired) electrons. The molecular formula is C35H25N9O2. The summed E-state index contributed by atoms with van der Waals surface area (Å²) in [6.45, 7) is 4.23. The average molecular weight is 604 g/mol. The Morgan fingerprint density at radius 3 is 2.30 bits per heavy atom. The number of hydrogen-bond acceptors (Lipinski definition) is 10. The van der Waals surface area contributed by atoms with Gasteiger partial charge in [0.05, 0.1) is 0 Å². The molecule has 1 aliphatic carbocycles. The third-order valence-electron chi connectivity index (χ3n) is 7.77. The molecule has 2 heterocycles. The minimum Gasteiger partial charge on any atom is -0.506 e. The third kappa shape index (κ3) is 4.63. The molecule has 7 aromatic rings. The van der Waals surface area contributed by atoms with E-state index in [1.165, 1.54) is 4.80 Å². The van der Waals surface area contributed by atoms with Gasteiger partial charge in [0.15, 0.2) is 5.78 Å². The van der Waals surface area contributed by atoms with E-state index >= 15 is 0 Å². The van der Waals surface area contributed by atoms with E-state index in [1.54, 1.807) is 24.3 Å². The lowest BCUT2D eigenvalue weighted by Gasteiger charge is -2.21. The Labute approximate surface area is 262 Å². The molecule has 0 spiro atoms. The third-order valence-corrected chi connectivity index (χ3v) is 7.77. The standard InChI is InChI=1S/C35H25N9O2/c1-2-18-36-33-39-34(37-20-14-16-27-28(19-20)43-44(42-27)29-12-5-6-13-30(29)45)41-35(40-33)38-26-17-15-22-21-8-3-4-9-23(21)32(46)25-11-7-10-24(26)31(22)25/h2-17,19,45H,1,18H2,(H3,36,37,38,39,40,41). The van der Waals surface area contributed by atoms with Gasteiger partial charge >= 0.3 is 0 Å². The Hall–Kier alpha value is -6.62. The summed E-state index contributed by atoms with van der Waals surface area (Å²) in [5, 5.41) is 30.8. The summed E-state index contributed by atoms with van der Waals surface area (Å²) in [6.07, 6.45) is 1.72. The van der Waals surface area contributed by atoms with Crippen LogP contribution < -0.4 is 16.0 Å². The van der Waals surface area contributed by atoms with Gasteiger partial charge in [-0.2, -0.15) is 15.0 Å². The van der Waals surface area contributed by atoms with E-state index in [2.05, 4.69) is 47.7 Å². The molecule has 5 aromatic carbocycles. The van der Waals surface area contributed by atoms with Gasteiger partial charge in [0, 0.05) is 39.8 Å². The first-order valence-electron chi connectivity index (χ1n) is 14.6. The maximum atomic E-state index is 13.4. The quantitative estimate of drug-likeness (QED) is 0.138. The summed E-state index contributed by atoms with van der Waals surface area (Å²) in [6, 6.07) is 29.8. The topological polar surface area (TPSA) is 143 Å². The van der Waals surface area contributed by atoms with Crippen LogP contribution >= 0.6 is 0 Å². The van der Waals surface area contributed by atoms with Gasteiger partial charge in [-0.05, 0) is 47.5 Å². The molecule has 0 unspecified atom stereocenters. The Morgan fingerprint density at radius 2 is 1.46 bits per heavy atom. The maximum absolute atomic E-state index is 13.4. The van der Waals surface area contributed by atoms with E-state index in [-0.39, 0.29) is 11.5 Å². The summed E-state index contributed by atoms with van der Waals surface area (Å²) in [7, 11) is 0. The van der Waals surface area contributed by atoms with Crippen LogP contribution in [-0.4, -0.2) is 47.4 Å². The molecule has 8 rings (SSSR count). The summed E-state index contributed by atoms with van der Waals surface area (Å²) in [4.78, 5) is 28.6. The Kier molecular flexibility index (Phi) is 6.35. The molecule has 11 heteroatoms. The van der Waals surface area contributed by atoms with Crippen LogP contribution in [0.3, 0.4) is 0 Å². The molecule has 0 aliphatic heterocycles. The molecular weight excluding hydrogens is 578 g/mol. The zero-order valence-electron chi connectivity index (χ0n) is 24.3. The van der Waals surface area contributed by atoms with E-state index in [0.717, 1.165) is 27.6 Å². The molecule has 0 saturated heterocycles. The van der Waals surface area contributed by atoms with Crippen molar-refractivity contribution in [1.29, 1.82) is 0 Å². The molecule has 0 atom stereocenters. The number of para-hydroxylation sites is 2. The number of hydrogen-bond donors (Lipinski definition) is 4. The first-order chi connectivity index (χ1) is 22.6. The van der Waals surface area contributed by atoms with Crippen molar-refractivity contribution in [3.8, 4) is 22.6 Å². The highest BCUT2D eigenvalue weighted by atomic mass is 16.3. The maximum Gasteiger partial charge on any atom is 0.233 e. The number of ketones is 1. The van der Waals surface area contributed by atoms with Crippen LogP contribution in [0.4, 0.5) is 29.2 Å². The average Bonchev–Trinajstić information content (AvgIpc) is 3.50. The number of nitrogens with zero attached hydrogens (tertiary/aromatic N) is 6. The van der Waals surface area contributed by atoms with Gasteiger partial charge in [0.25, 0.3) is 0 Å². The minimum absolute atomic E-state index is 0.00554. The van der Waals surface area contributed by atoms with E-state index < -0.39 is 0 Å². The molecule has 2 aromatic heterocycles. The number of fused-ring (bicyclic) bond motifs is 3. The molecule has 4 N–H and O–H groups in total. The second kappa shape index (κ2) is 10.8. The number of aromatic nitrogens is 6. The van der Waals surface area contributed by atoms with E-state index in [9.17, 15) is 9.90 Å². The Morgan fingerprint density at radius 1 is 0.717 bits per heavy atom. The van der Waals surface area contributed by atoms with Gasteiger partial charge in [-0.1, -0.05) is 66.7 Å². The normalized spacial score (nSPS) is 11.8. The van der Waals surface area contributed by atoms with Crippen LogP contribution in [-0.2, 0) is 0 Å². The van der Waals surface area contributed by atoms with Gasteiger partial charge < -0.3 is 21.1 Å². The van der Waals surface area contributed by atoms with Gasteiger partial charge in [0.1, 0.15) is 22.5 Å². The van der Waals surface area contributed by atoms with Crippen molar-refractivity contribution in [3.05, 3.63) is 121 Å². The van der Waals surface area contributed by atoms with Crippen molar-refractivity contribution in [1.82, 2.24) is 29.9 Å². The second-order valence-corrected chi connectivity index (χ2v) is 10.7. The lowest BCUT2D eigenvalue weighted by atomic mass is 9.82. The number of anilines is 5. The van der Waals surface area contributed by atoms with Gasteiger partial charge in [-0.25, -0.2) is 0 Å². The van der Waals surface area contributed by atoms with Gasteiger partial charge in [-0.3, -0.25) is 4.79 Å². The molecule has 0 bridgehead atoms. The van der Waals surface area contributed by atoms with Crippen molar-refractivity contribution in [2.24, 2.45) is 0 Å². The van der Waals surface area contributed by atoms with E-state index in [1.807, 2.05) is 78.9 Å². The number of phenols is 1. The first-order valence-corrected chi connectivity index (χ1v) is 14.6. The number of benzene rings is 5. The zero-order chi connectivity index (χ0) is 31.2. The number of rotatable bonds is 8. The highest BCUT2D eigenvalue weighted by Crippen LogP contribution is 2.42. The molecule has 222 valence electrons. The smallest absolute Gasteiger partial charge is 0.233 e. The van der Waals surface area contributed by atoms with E-state index in [4.69, 9.17) is 0 Å². The zero-order valence-corrected chi connectivity index (χ0v) is 24.3. The largest absolute Gasteiger partial charge is 0.506 e. The van der Waals surface area contributed by atoms with Crippen LogP contribution in [0.5, 0.6) is 5.75 Å². The molecule has 11 nitrogen and oxygen atoms in total. The van der Waals surface area contributed by atoms with Crippen LogP contribution in [0.2, 0.25) is 0 Å². The molecule has 0 fully saturated rings. The van der Waals surface area contributed by atoms with Crippen molar-refractivity contribution < 1.29 is 9.90 Å². The number of aromatic hydroxyl groups is 1. The molecule has 1 aliphatic rings. The van der Waals surface area contributed by atoms with Crippen LogP contribution in [0, 0.1) is 0 Å². The van der Waals surface area contributed by atoms with Crippen molar-refractivity contribution in [2.75, 3.05) is 22.5 Å². The summed E-state index contributed by atoms with van der Waals surface area (Å²) < 4.78 is 0. The monoisotopic (exact) mass is 603 g/mol. The van der Waals surface area contributed by atoms with Gasteiger partial charge in [-0.15, -0.1) is 21.6 Å². The molecule has 46 heavy (non-hydrogen) atoms. The van der Waals surface area contributed by atoms with Crippen molar-refractivity contribution in [2.45, 2.75) is 0 Å². The Balaban J connectivity index is 1.15. The number of nitrogens with one attached hydrogen (secondary N) is 3. The Bertz CT molecular complexity index is 2350. The van der Waals surface area contributed by atoms with E-state index in [0.29, 0.717) is 57.9 Å². The predicted octanol–water partition coefficient (Wildman–Crippen LogP) is 6.76. The van der Waals surface area contributed by atoms with Crippen molar-refractivity contribution in [3.63, 3.8) is 0 Å². The summed E-state index contributed by atoms with van der Waals surface area (Å²) in [5.74, 6) is 1.03. The minimum atomic E-state index is 0.00554. The summed E-state index contributed by atoms with van der Waals surface area (Å²) in [5.41, 5.74) is 6.48. The predicted molar refractivity (Wildman–Crippen MR) is 178 cm³/mol. The number of carbonyl (C=O) groups excluding carboxylic acids is 1. The molecule has 0 saturated carbocycles. The van der Waals surface area contributed by atoms with Crippen LogP contribution in [0.1, 0.15) is 15.9 Å². The highest BCUT2D eigenvalue weighted by Gasteiger charge is 2.25. The fraction of sp³-hybridized carbons (Fsp3) is 0.0286. The lowest BCUT2D eigenvalue weighted by Crippen LogP contribution is -2.11. The lowest BCUT2D eigenvalue weighted by molar-refractivity contribution is 0.104. The van der Waals surface area contributed by atoms with Gasteiger partial charge in [0.2, 0.25) is 17.8 Å². The van der Waals surface area contributed by atoms with Crippen LogP contribution in [0.15, 0.2) is 110 Å². The fourth-order valence-electron chi connectivity index (χ4n) is 5.70. The summed E-state index contributed by atoms with van der Waals surface area (Å²) >= 11 is 0. The first kappa shape index (κ1) is 27.0. The number of phenolic OH excluding ortho intramolecular Hbond substituents is 1. The van der Waals surface area contributed by atoms with Crippen LogP contribution in [0.25, 0.3) is 38.6 Å². The van der Waals surface area contributed by atoms with Crippen molar-refractivity contribution >= 4 is 56.8 Å². The fourth-order valence-corrected chi connectivity index (χ4v) is 5.70.